The average Bonchev–Trinajstić information content (AvgIpc) is 3.44. The number of aromatic nitrogens is 5. The van der Waals surface area contributed by atoms with Crippen LogP contribution in [0.15, 0.2) is 36.7 Å². The highest BCUT2D eigenvalue weighted by Gasteiger charge is 2.27. The van der Waals surface area contributed by atoms with Gasteiger partial charge in [-0.15, -0.1) is 0 Å². The van der Waals surface area contributed by atoms with E-state index in [9.17, 15) is 4.79 Å². The molecule has 5 heterocycles. The number of hydrogen-bond donors (Lipinski definition) is 2. The summed E-state index contributed by atoms with van der Waals surface area (Å²) in [5, 5.41) is 11.1. The molecule has 4 aromatic rings. The summed E-state index contributed by atoms with van der Waals surface area (Å²) in [6, 6.07) is 8.04. The van der Waals surface area contributed by atoms with Crippen LogP contribution in [0.1, 0.15) is 12.6 Å². The van der Waals surface area contributed by atoms with Crippen LogP contribution in [-0.4, -0.2) is 75.3 Å². The minimum absolute atomic E-state index is 0.0299. The van der Waals surface area contributed by atoms with Crippen LogP contribution in [-0.2, 0) is 9.53 Å². The number of hydrogen-bond acceptors (Lipinski definition) is 9. The fourth-order valence-corrected chi connectivity index (χ4v) is 5.04. The van der Waals surface area contributed by atoms with E-state index in [-0.39, 0.29) is 18.6 Å². The quantitative estimate of drug-likeness (QED) is 0.434. The molecule has 1 atom stereocenters. The number of piperazine rings is 1. The minimum Gasteiger partial charge on any atom is -0.375 e. The van der Waals surface area contributed by atoms with Crippen molar-refractivity contribution in [1.82, 2.24) is 30.0 Å². The van der Waals surface area contributed by atoms with E-state index < -0.39 is 0 Å². The standard InChI is InChI=1S/C23H26N8O2S/c1-14-12-30(8-9-31(14)21(32)13-33-3)16-6-7-24-20(10-16)28-23-27-19-5-4-18(26-22(19)34-23)17-11-25-29-15(17)2/h4-7,10-11,14H,8-9,12-13H2,1-3H3,(H,25,29)(H,24,27,28). The number of anilines is 3. The molecule has 0 radical (unpaired) electrons. The van der Waals surface area contributed by atoms with E-state index in [1.165, 1.54) is 11.3 Å². The number of aromatic amines is 1. The first-order valence-electron chi connectivity index (χ1n) is 11.1. The number of pyridine rings is 2. The highest BCUT2D eigenvalue weighted by atomic mass is 32.1. The molecule has 0 aliphatic carbocycles. The second-order valence-corrected chi connectivity index (χ2v) is 9.27. The second kappa shape index (κ2) is 9.35. The Labute approximate surface area is 201 Å². The van der Waals surface area contributed by atoms with Gasteiger partial charge < -0.3 is 19.9 Å². The molecule has 2 N–H and O–H groups in total. The van der Waals surface area contributed by atoms with E-state index >= 15 is 0 Å². The van der Waals surface area contributed by atoms with E-state index in [0.717, 1.165) is 51.2 Å². The first-order valence-corrected chi connectivity index (χ1v) is 11.9. The van der Waals surface area contributed by atoms with Crippen LogP contribution in [0.5, 0.6) is 0 Å². The van der Waals surface area contributed by atoms with Gasteiger partial charge in [0.1, 0.15) is 22.8 Å². The molecule has 1 amide bonds. The van der Waals surface area contributed by atoms with Crippen LogP contribution in [0.25, 0.3) is 21.6 Å². The second-order valence-electron chi connectivity index (χ2n) is 8.29. The van der Waals surface area contributed by atoms with Crippen molar-refractivity contribution in [3.63, 3.8) is 0 Å². The van der Waals surface area contributed by atoms with E-state index in [1.807, 2.05) is 36.1 Å². The predicted octanol–water partition coefficient (Wildman–Crippen LogP) is 3.21. The van der Waals surface area contributed by atoms with E-state index in [4.69, 9.17) is 9.72 Å². The fraction of sp³-hybridized carbons (Fsp3) is 0.348. The third kappa shape index (κ3) is 4.44. The molecule has 176 valence electrons. The maximum atomic E-state index is 12.2. The van der Waals surface area contributed by atoms with Crippen LogP contribution >= 0.6 is 11.3 Å². The molecule has 4 aromatic heterocycles. The number of carbonyl (C=O) groups excluding carboxylic acids is 1. The number of aryl methyl sites for hydroxylation is 1. The summed E-state index contributed by atoms with van der Waals surface area (Å²) < 4.78 is 5.01. The Hall–Kier alpha value is -3.57. The molecule has 0 spiro atoms. The van der Waals surface area contributed by atoms with Crippen molar-refractivity contribution in [2.24, 2.45) is 0 Å². The molecule has 1 aliphatic rings. The van der Waals surface area contributed by atoms with Gasteiger partial charge in [-0.25, -0.2) is 15.0 Å². The van der Waals surface area contributed by atoms with Gasteiger partial charge in [0.25, 0.3) is 0 Å². The topological polar surface area (TPSA) is 112 Å². The van der Waals surface area contributed by atoms with Crippen molar-refractivity contribution < 1.29 is 9.53 Å². The summed E-state index contributed by atoms with van der Waals surface area (Å²) in [6.45, 7) is 6.33. The van der Waals surface area contributed by atoms with Crippen molar-refractivity contribution in [3.8, 4) is 11.3 Å². The fourth-order valence-electron chi connectivity index (χ4n) is 4.19. The Morgan fingerprint density at radius 3 is 2.94 bits per heavy atom. The lowest BCUT2D eigenvalue weighted by Crippen LogP contribution is -2.54. The molecule has 34 heavy (non-hydrogen) atoms. The highest BCUT2D eigenvalue weighted by Crippen LogP contribution is 2.30. The molecule has 1 aliphatic heterocycles. The molecule has 1 unspecified atom stereocenters. The lowest BCUT2D eigenvalue weighted by atomic mass is 10.1. The van der Waals surface area contributed by atoms with E-state index in [0.29, 0.717) is 12.4 Å². The zero-order valence-electron chi connectivity index (χ0n) is 19.3. The largest absolute Gasteiger partial charge is 0.375 e. The maximum absolute atomic E-state index is 12.2. The van der Waals surface area contributed by atoms with Crippen LogP contribution in [0.3, 0.4) is 0 Å². The zero-order chi connectivity index (χ0) is 23.7. The van der Waals surface area contributed by atoms with Gasteiger partial charge in [0.2, 0.25) is 5.91 Å². The lowest BCUT2D eigenvalue weighted by molar-refractivity contribution is -0.137. The monoisotopic (exact) mass is 478 g/mol. The van der Waals surface area contributed by atoms with Gasteiger partial charge in [-0.3, -0.25) is 9.89 Å². The number of thiazole rings is 1. The van der Waals surface area contributed by atoms with Gasteiger partial charge in [0.15, 0.2) is 5.13 Å². The summed E-state index contributed by atoms with van der Waals surface area (Å²) in [4.78, 5) is 31.1. The third-order valence-electron chi connectivity index (χ3n) is 5.92. The number of rotatable bonds is 6. The molecule has 1 saturated heterocycles. The molecule has 1 fully saturated rings. The summed E-state index contributed by atoms with van der Waals surface area (Å²) in [7, 11) is 1.55. The summed E-state index contributed by atoms with van der Waals surface area (Å²) in [6.07, 6.45) is 3.57. The lowest BCUT2D eigenvalue weighted by Gasteiger charge is -2.41. The molecular weight excluding hydrogens is 452 g/mol. The van der Waals surface area contributed by atoms with Gasteiger partial charge in [-0.1, -0.05) is 11.3 Å². The maximum Gasteiger partial charge on any atom is 0.248 e. The summed E-state index contributed by atoms with van der Waals surface area (Å²) >= 11 is 1.49. The van der Waals surface area contributed by atoms with Crippen molar-refractivity contribution >= 4 is 44.2 Å². The van der Waals surface area contributed by atoms with Crippen molar-refractivity contribution in [3.05, 3.63) is 42.4 Å². The SMILES string of the molecule is COCC(=O)N1CCN(c2ccnc(Nc3nc4ccc(-c5cn[nH]c5C)nc4s3)c2)CC1C. The molecule has 0 aromatic carbocycles. The minimum atomic E-state index is 0.0299. The van der Waals surface area contributed by atoms with Crippen LogP contribution < -0.4 is 10.2 Å². The van der Waals surface area contributed by atoms with Crippen LogP contribution in [0, 0.1) is 6.92 Å². The van der Waals surface area contributed by atoms with Gasteiger partial charge in [0.05, 0.1) is 11.9 Å². The Bertz CT molecular complexity index is 1320. The number of nitrogens with one attached hydrogen (secondary N) is 2. The van der Waals surface area contributed by atoms with Gasteiger partial charge >= 0.3 is 0 Å². The first-order chi connectivity index (χ1) is 16.5. The van der Waals surface area contributed by atoms with Crippen molar-refractivity contribution in [2.45, 2.75) is 19.9 Å². The van der Waals surface area contributed by atoms with Crippen LogP contribution in [0.4, 0.5) is 16.6 Å². The number of methoxy groups -OCH3 is 1. The molecule has 0 saturated carbocycles. The smallest absolute Gasteiger partial charge is 0.248 e. The molecule has 0 bridgehead atoms. The summed E-state index contributed by atoms with van der Waals surface area (Å²) in [5.74, 6) is 0.746. The Kier molecular flexibility index (Phi) is 6.12. The normalized spacial score (nSPS) is 16.3. The average molecular weight is 479 g/mol. The molecular formula is C23H26N8O2S. The molecule has 10 nitrogen and oxygen atoms in total. The number of ether oxygens (including phenoxy) is 1. The van der Waals surface area contributed by atoms with Gasteiger partial charge in [-0.2, -0.15) is 5.10 Å². The van der Waals surface area contributed by atoms with Crippen molar-refractivity contribution in [2.75, 3.05) is 43.6 Å². The third-order valence-corrected chi connectivity index (χ3v) is 6.80. The van der Waals surface area contributed by atoms with Gasteiger partial charge in [0, 0.05) is 62.0 Å². The number of carbonyl (C=O) groups is 1. The summed E-state index contributed by atoms with van der Waals surface area (Å²) in [5.41, 5.74) is 4.72. The Morgan fingerprint density at radius 2 is 2.18 bits per heavy atom. The Balaban J connectivity index is 1.30. The highest BCUT2D eigenvalue weighted by molar-refractivity contribution is 7.21. The van der Waals surface area contributed by atoms with Crippen LogP contribution in [0.2, 0.25) is 0 Å². The van der Waals surface area contributed by atoms with Gasteiger partial charge in [-0.05, 0) is 32.0 Å². The number of nitrogens with zero attached hydrogens (tertiary/aromatic N) is 6. The van der Waals surface area contributed by atoms with E-state index in [1.54, 1.807) is 19.5 Å². The van der Waals surface area contributed by atoms with E-state index in [2.05, 4.69) is 37.3 Å². The number of amides is 1. The first kappa shape index (κ1) is 22.2. The Morgan fingerprint density at radius 1 is 1.29 bits per heavy atom. The molecule has 11 heteroatoms. The zero-order valence-corrected chi connectivity index (χ0v) is 20.1. The predicted molar refractivity (Wildman–Crippen MR) is 133 cm³/mol. The number of H-pyrrole nitrogens is 1. The molecule has 5 rings (SSSR count). The number of fused-ring (bicyclic) bond motifs is 1. The van der Waals surface area contributed by atoms with Crippen molar-refractivity contribution in [1.29, 1.82) is 0 Å².